The number of benzene rings is 1. The third kappa shape index (κ3) is 2.16. The van der Waals surface area contributed by atoms with Crippen LogP contribution in [0.3, 0.4) is 0 Å². The van der Waals surface area contributed by atoms with Crippen molar-refractivity contribution in [3.05, 3.63) is 46.2 Å². The first-order valence-corrected chi connectivity index (χ1v) is 7.60. The smallest absolute Gasteiger partial charge is 0.189 e. The van der Waals surface area contributed by atoms with E-state index >= 15 is 0 Å². The Morgan fingerprint density at radius 2 is 2.30 bits per heavy atom. The number of ketones is 1. The Morgan fingerprint density at radius 3 is 3.10 bits per heavy atom. The summed E-state index contributed by atoms with van der Waals surface area (Å²) in [6, 6.07) is 8.04. The number of carbonyl (C=O) groups is 1. The predicted molar refractivity (Wildman–Crippen MR) is 82.2 cm³/mol. The summed E-state index contributed by atoms with van der Waals surface area (Å²) < 4.78 is 2.54. The lowest BCUT2D eigenvalue weighted by Gasteiger charge is -2.25. The highest BCUT2D eigenvalue weighted by Gasteiger charge is 2.30. The molecule has 0 aliphatic carbocycles. The number of halogens is 1. The summed E-state index contributed by atoms with van der Waals surface area (Å²) in [6.07, 6.45) is 2.51. The number of hydrogen-bond acceptors (Lipinski definition) is 3. The maximum atomic E-state index is 12.9. The summed E-state index contributed by atoms with van der Waals surface area (Å²) in [5, 5.41) is 7.59. The molecular weight excluding hydrogens is 318 g/mol. The van der Waals surface area contributed by atoms with Crippen LogP contribution in [0.25, 0.3) is 0 Å². The number of anilines is 1. The first-order chi connectivity index (χ1) is 9.72. The number of carbonyl (C=O) groups excluding carboxylic acids is 1. The standard InChI is InChI=1S/C15H16BrN3O/c1-2-19-14(12(16)9-18-19)15(20)11-7-8-17-13-6-4-3-5-10(11)13/h3-6,9,11,17H,2,7-8H2,1H3. The second-order valence-electron chi connectivity index (χ2n) is 4.88. The van der Waals surface area contributed by atoms with Crippen molar-refractivity contribution in [1.82, 2.24) is 9.78 Å². The molecule has 1 aliphatic heterocycles. The molecule has 4 nitrogen and oxygen atoms in total. The molecule has 0 fully saturated rings. The van der Waals surface area contributed by atoms with Gasteiger partial charge in [0.1, 0.15) is 5.69 Å². The summed E-state index contributed by atoms with van der Waals surface area (Å²) in [4.78, 5) is 12.9. The van der Waals surface area contributed by atoms with Crippen LogP contribution in [0.5, 0.6) is 0 Å². The fourth-order valence-electron chi connectivity index (χ4n) is 2.75. The molecular formula is C15H16BrN3O. The van der Waals surface area contributed by atoms with E-state index < -0.39 is 0 Å². The average Bonchev–Trinajstić information content (AvgIpc) is 2.87. The molecule has 0 radical (unpaired) electrons. The van der Waals surface area contributed by atoms with Gasteiger partial charge in [-0.15, -0.1) is 0 Å². The number of fused-ring (bicyclic) bond motifs is 1. The molecule has 3 rings (SSSR count). The highest BCUT2D eigenvalue weighted by molar-refractivity contribution is 9.10. The Hall–Kier alpha value is -1.62. The molecule has 2 aromatic rings. The van der Waals surface area contributed by atoms with Crippen molar-refractivity contribution in [3.63, 3.8) is 0 Å². The Labute approximate surface area is 126 Å². The van der Waals surface area contributed by atoms with Crippen molar-refractivity contribution in [3.8, 4) is 0 Å². The van der Waals surface area contributed by atoms with E-state index in [0.29, 0.717) is 12.2 Å². The van der Waals surface area contributed by atoms with Gasteiger partial charge in [0, 0.05) is 18.8 Å². The zero-order valence-electron chi connectivity index (χ0n) is 11.3. The second-order valence-corrected chi connectivity index (χ2v) is 5.73. The minimum Gasteiger partial charge on any atom is -0.385 e. The molecule has 0 saturated carbocycles. The minimum absolute atomic E-state index is 0.0919. The van der Waals surface area contributed by atoms with Crippen LogP contribution in [0, 0.1) is 0 Å². The maximum absolute atomic E-state index is 12.9. The van der Waals surface area contributed by atoms with Crippen molar-refractivity contribution >= 4 is 27.4 Å². The van der Waals surface area contributed by atoms with Crippen LogP contribution in [0.15, 0.2) is 34.9 Å². The number of rotatable bonds is 3. The van der Waals surface area contributed by atoms with Gasteiger partial charge in [0.05, 0.1) is 16.6 Å². The van der Waals surface area contributed by atoms with E-state index in [4.69, 9.17) is 0 Å². The van der Waals surface area contributed by atoms with E-state index in [-0.39, 0.29) is 11.7 Å². The van der Waals surface area contributed by atoms with Gasteiger partial charge in [-0.1, -0.05) is 18.2 Å². The Balaban J connectivity index is 2.02. The number of nitrogens with zero attached hydrogens (tertiary/aromatic N) is 2. The number of aromatic nitrogens is 2. The highest BCUT2D eigenvalue weighted by atomic mass is 79.9. The molecule has 104 valence electrons. The zero-order chi connectivity index (χ0) is 14.1. The number of nitrogens with one attached hydrogen (secondary N) is 1. The second kappa shape index (κ2) is 5.40. The summed E-state index contributed by atoms with van der Waals surface area (Å²) in [7, 11) is 0. The van der Waals surface area contributed by atoms with Crippen molar-refractivity contribution in [1.29, 1.82) is 0 Å². The molecule has 5 heteroatoms. The molecule has 1 atom stereocenters. The van der Waals surface area contributed by atoms with Crippen LogP contribution in [-0.2, 0) is 6.54 Å². The van der Waals surface area contributed by atoms with Gasteiger partial charge in [0.15, 0.2) is 5.78 Å². The molecule has 0 saturated heterocycles. The average molecular weight is 334 g/mol. The summed E-state index contributed by atoms with van der Waals surface area (Å²) in [6.45, 7) is 3.51. The maximum Gasteiger partial charge on any atom is 0.189 e. The zero-order valence-corrected chi connectivity index (χ0v) is 12.9. The summed E-state index contributed by atoms with van der Waals surface area (Å²) in [5.74, 6) is 0.0518. The van der Waals surface area contributed by atoms with Crippen molar-refractivity contribution in [2.24, 2.45) is 0 Å². The third-order valence-corrected chi connectivity index (χ3v) is 4.31. The first-order valence-electron chi connectivity index (χ1n) is 6.80. The van der Waals surface area contributed by atoms with E-state index in [2.05, 4.69) is 26.3 Å². The van der Waals surface area contributed by atoms with Crippen LogP contribution in [-0.4, -0.2) is 22.1 Å². The fourth-order valence-corrected chi connectivity index (χ4v) is 3.24. The lowest BCUT2D eigenvalue weighted by atomic mass is 9.86. The Morgan fingerprint density at radius 1 is 1.50 bits per heavy atom. The highest BCUT2D eigenvalue weighted by Crippen LogP contribution is 2.35. The van der Waals surface area contributed by atoms with Gasteiger partial charge >= 0.3 is 0 Å². The fraction of sp³-hybridized carbons (Fsp3) is 0.333. The van der Waals surface area contributed by atoms with Gasteiger partial charge in [-0.2, -0.15) is 5.10 Å². The monoisotopic (exact) mass is 333 g/mol. The van der Waals surface area contributed by atoms with Crippen molar-refractivity contribution in [2.75, 3.05) is 11.9 Å². The van der Waals surface area contributed by atoms with Gasteiger partial charge in [-0.05, 0) is 40.9 Å². The van der Waals surface area contributed by atoms with E-state index in [1.807, 2.05) is 31.2 Å². The van der Waals surface area contributed by atoms with Crippen LogP contribution in [0.2, 0.25) is 0 Å². The molecule has 1 aromatic heterocycles. The third-order valence-electron chi connectivity index (χ3n) is 3.73. The number of Topliss-reactive ketones (excluding diaryl/α,β-unsaturated/α-hetero) is 1. The normalized spacial score (nSPS) is 17.4. The SMILES string of the molecule is CCn1ncc(Br)c1C(=O)C1CCNc2ccccc21. The number of aryl methyl sites for hydroxylation is 1. The summed E-state index contributed by atoms with van der Waals surface area (Å²) >= 11 is 3.45. The number of para-hydroxylation sites is 1. The minimum atomic E-state index is -0.0919. The molecule has 1 aliphatic rings. The molecule has 0 bridgehead atoms. The molecule has 0 spiro atoms. The first kappa shape index (κ1) is 13.4. The lowest BCUT2D eigenvalue weighted by molar-refractivity contribution is 0.0944. The predicted octanol–water partition coefficient (Wildman–Crippen LogP) is 3.45. The Kier molecular flexibility index (Phi) is 3.61. The van der Waals surface area contributed by atoms with E-state index in [1.165, 1.54) is 0 Å². The topological polar surface area (TPSA) is 46.9 Å². The van der Waals surface area contributed by atoms with E-state index in [0.717, 1.165) is 28.7 Å². The molecule has 1 aromatic carbocycles. The molecule has 20 heavy (non-hydrogen) atoms. The van der Waals surface area contributed by atoms with E-state index in [9.17, 15) is 4.79 Å². The van der Waals surface area contributed by atoms with Gasteiger partial charge in [0.2, 0.25) is 0 Å². The molecule has 0 amide bonds. The summed E-state index contributed by atoms with van der Waals surface area (Å²) in [5.41, 5.74) is 2.82. The van der Waals surface area contributed by atoms with Crippen LogP contribution >= 0.6 is 15.9 Å². The molecule has 1 N–H and O–H groups in total. The lowest BCUT2D eigenvalue weighted by Crippen LogP contribution is -2.25. The van der Waals surface area contributed by atoms with Gasteiger partial charge in [-0.3, -0.25) is 9.48 Å². The quantitative estimate of drug-likeness (QED) is 0.875. The molecule has 2 heterocycles. The van der Waals surface area contributed by atoms with Gasteiger partial charge in [0.25, 0.3) is 0 Å². The van der Waals surface area contributed by atoms with Crippen LogP contribution in [0.1, 0.15) is 35.3 Å². The van der Waals surface area contributed by atoms with Crippen molar-refractivity contribution in [2.45, 2.75) is 25.8 Å². The van der Waals surface area contributed by atoms with Gasteiger partial charge in [-0.25, -0.2) is 0 Å². The molecule has 1 unspecified atom stereocenters. The number of hydrogen-bond donors (Lipinski definition) is 1. The van der Waals surface area contributed by atoms with Crippen molar-refractivity contribution < 1.29 is 4.79 Å². The Bertz CT molecular complexity index is 650. The van der Waals surface area contributed by atoms with Gasteiger partial charge < -0.3 is 5.32 Å². The van der Waals surface area contributed by atoms with E-state index in [1.54, 1.807) is 10.9 Å². The van der Waals surface area contributed by atoms with Crippen LogP contribution < -0.4 is 5.32 Å². The largest absolute Gasteiger partial charge is 0.385 e. The van der Waals surface area contributed by atoms with Crippen LogP contribution in [0.4, 0.5) is 5.69 Å².